The molecule has 1 aliphatic rings. The molecule has 4 atom stereocenters. The molecule has 0 radical (unpaired) electrons. The molecular formula is C31H33Br2NO6S. The topological polar surface area (TPSA) is 113 Å². The van der Waals surface area contributed by atoms with Gasteiger partial charge in [0.2, 0.25) is 10.0 Å². The van der Waals surface area contributed by atoms with Crippen LogP contribution in [0.2, 0.25) is 0 Å². The van der Waals surface area contributed by atoms with Crippen molar-refractivity contribution in [3.63, 3.8) is 0 Å². The summed E-state index contributed by atoms with van der Waals surface area (Å²) in [5.41, 5.74) is 3.21. The molecule has 7 nitrogen and oxygen atoms in total. The Balaban J connectivity index is 1.47. The van der Waals surface area contributed by atoms with Gasteiger partial charge in [0.15, 0.2) is 0 Å². The average molecular weight is 707 g/mol. The number of hydrogen-bond donors (Lipinski definition) is 3. The third-order valence-corrected chi connectivity index (χ3v) is 10.5. The summed E-state index contributed by atoms with van der Waals surface area (Å²) in [5, 5.41) is 19.8. The SMILES string of the molecule is O=C(O)CCC/C=C\C[C@@H]1[C@@H](NS(=O)(=O)c2ccc(Br)c(Br)c2)[C@H](O)C[C@H]1OCc1ccc(-c2ccccc2)cc1. The van der Waals surface area contributed by atoms with Crippen molar-refractivity contribution in [2.24, 2.45) is 5.92 Å². The largest absolute Gasteiger partial charge is 0.481 e. The first-order chi connectivity index (χ1) is 19.6. The average Bonchev–Trinajstić information content (AvgIpc) is 3.24. The highest BCUT2D eigenvalue weighted by molar-refractivity contribution is 9.13. The van der Waals surface area contributed by atoms with E-state index in [1.165, 1.54) is 12.1 Å². The van der Waals surface area contributed by atoms with E-state index in [0.29, 0.717) is 30.3 Å². The van der Waals surface area contributed by atoms with Crippen LogP contribution < -0.4 is 4.72 Å². The second-order valence-electron chi connectivity index (χ2n) is 10.1. The molecule has 0 amide bonds. The van der Waals surface area contributed by atoms with Gasteiger partial charge in [-0.1, -0.05) is 66.7 Å². The minimum Gasteiger partial charge on any atom is -0.481 e. The second kappa shape index (κ2) is 14.7. The standard InChI is InChI=1S/C31H33Br2NO6S/c32-26-17-16-24(18-27(26)33)41(38,39)34-31-25(10-6-1-2-7-11-30(36)37)29(19-28(31)35)40-20-21-12-14-23(15-13-21)22-8-4-3-5-9-22/h1,3-6,8-9,12-18,25,28-29,31,34-35H,2,7,10-11,19-20H2,(H,36,37)/b6-1-/t25-,28+,29+,31+/m0/s1. The second-order valence-corrected chi connectivity index (χ2v) is 13.5. The maximum Gasteiger partial charge on any atom is 0.303 e. The lowest BCUT2D eigenvalue weighted by Crippen LogP contribution is -2.44. The summed E-state index contributed by atoms with van der Waals surface area (Å²) in [6, 6.07) is 22.1. The summed E-state index contributed by atoms with van der Waals surface area (Å²) < 4.78 is 36.9. The summed E-state index contributed by atoms with van der Waals surface area (Å²) in [7, 11) is -3.92. The fourth-order valence-electron chi connectivity index (χ4n) is 4.99. The number of carbonyl (C=O) groups is 1. The maximum absolute atomic E-state index is 13.3. The molecule has 1 aliphatic carbocycles. The van der Waals surface area contributed by atoms with Gasteiger partial charge in [0, 0.05) is 27.7 Å². The Labute approximate surface area is 258 Å². The molecule has 0 saturated heterocycles. The first-order valence-electron chi connectivity index (χ1n) is 13.4. The molecule has 41 heavy (non-hydrogen) atoms. The number of aliphatic hydroxyl groups is 1. The van der Waals surface area contributed by atoms with Gasteiger partial charge in [0.25, 0.3) is 0 Å². The van der Waals surface area contributed by atoms with Gasteiger partial charge in [0.1, 0.15) is 0 Å². The molecule has 0 heterocycles. The van der Waals surface area contributed by atoms with Crippen LogP contribution >= 0.6 is 31.9 Å². The number of benzene rings is 3. The van der Waals surface area contributed by atoms with Crippen molar-refractivity contribution in [1.29, 1.82) is 0 Å². The van der Waals surface area contributed by atoms with Gasteiger partial charge >= 0.3 is 5.97 Å². The molecule has 0 unspecified atom stereocenters. The Morgan fingerprint density at radius 3 is 2.37 bits per heavy atom. The summed E-state index contributed by atoms with van der Waals surface area (Å²) in [5.74, 6) is -1.16. The number of sulfonamides is 1. The van der Waals surface area contributed by atoms with E-state index in [4.69, 9.17) is 9.84 Å². The molecule has 218 valence electrons. The summed E-state index contributed by atoms with van der Waals surface area (Å²) in [4.78, 5) is 10.9. The predicted octanol–water partition coefficient (Wildman–Crippen LogP) is 6.69. The lowest BCUT2D eigenvalue weighted by Gasteiger charge is -2.25. The van der Waals surface area contributed by atoms with Gasteiger partial charge < -0.3 is 14.9 Å². The molecule has 4 rings (SSSR count). The fourth-order valence-corrected chi connectivity index (χ4v) is 7.12. The normalized spacial score (nSPS) is 21.0. The van der Waals surface area contributed by atoms with Crippen LogP contribution in [0.1, 0.15) is 37.7 Å². The van der Waals surface area contributed by atoms with Crippen LogP contribution in [0.3, 0.4) is 0 Å². The van der Waals surface area contributed by atoms with Gasteiger partial charge in [-0.3, -0.25) is 4.79 Å². The number of halogens is 2. The number of hydrogen-bond acceptors (Lipinski definition) is 5. The molecule has 3 N–H and O–H groups in total. The third kappa shape index (κ3) is 8.83. The van der Waals surface area contributed by atoms with E-state index in [0.717, 1.165) is 21.2 Å². The quantitative estimate of drug-likeness (QED) is 0.135. The minimum atomic E-state index is -3.92. The Kier molecular flexibility index (Phi) is 11.3. The number of nitrogens with one attached hydrogen (secondary N) is 1. The van der Waals surface area contributed by atoms with Crippen molar-refractivity contribution in [3.05, 3.63) is 99.5 Å². The molecule has 10 heteroatoms. The van der Waals surface area contributed by atoms with Crippen LogP contribution in [0.4, 0.5) is 0 Å². The highest BCUT2D eigenvalue weighted by atomic mass is 79.9. The molecule has 1 fully saturated rings. The third-order valence-electron chi connectivity index (χ3n) is 7.18. The smallest absolute Gasteiger partial charge is 0.303 e. The van der Waals surface area contributed by atoms with Crippen LogP contribution in [-0.4, -0.2) is 42.8 Å². The van der Waals surface area contributed by atoms with Crippen LogP contribution in [0.5, 0.6) is 0 Å². The van der Waals surface area contributed by atoms with Crippen molar-refractivity contribution < 1.29 is 28.2 Å². The number of carboxylic acid groups (broad SMARTS) is 1. The maximum atomic E-state index is 13.3. The molecule has 0 spiro atoms. The highest BCUT2D eigenvalue weighted by Crippen LogP contribution is 2.35. The molecule has 0 bridgehead atoms. The number of rotatable bonds is 13. The number of aliphatic hydroxyl groups excluding tert-OH is 1. The Hall–Kier alpha value is -2.34. The van der Waals surface area contributed by atoms with E-state index in [1.807, 2.05) is 54.6 Å². The number of carboxylic acids is 1. The van der Waals surface area contributed by atoms with Crippen molar-refractivity contribution in [2.75, 3.05) is 0 Å². The lowest BCUT2D eigenvalue weighted by molar-refractivity contribution is -0.137. The molecule has 0 aromatic heterocycles. The van der Waals surface area contributed by atoms with Crippen molar-refractivity contribution in [2.45, 2.75) is 61.9 Å². The highest BCUT2D eigenvalue weighted by Gasteiger charge is 2.44. The van der Waals surface area contributed by atoms with Gasteiger partial charge in [-0.05, 0) is 86.0 Å². The summed E-state index contributed by atoms with van der Waals surface area (Å²) >= 11 is 6.71. The summed E-state index contributed by atoms with van der Waals surface area (Å²) in [6.07, 6.45) is 4.49. The molecule has 3 aromatic carbocycles. The van der Waals surface area contributed by atoms with Crippen molar-refractivity contribution in [3.8, 4) is 11.1 Å². The van der Waals surface area contributed by atoms with Crippen molar-refractivity contribution in [1.82, 2.24) is 4.72 Å². The fraction of sp³-hybridized carbons (Fsp3) is 0.323. The molecular weight excluding hydrogens is 674 g/mol. The minimum absolute atomic E-state index is 0.0885. The zero-order valence-electron chi connectivity index (χ0n) is 22.3. The molecule has 3 aromatic rings. The Morgan fingerprint density at radius 1 is 0.976 bits per heavy atom. The number of ether oxygens (including phenoxy) is 1. The Bertz CT molecular complexity index is 1450. The van der Waals surface area contributed by atoms with Gasteiger partial charge in [-0.2, -0.15) is 0 Å². The first kappa shape index (κ1) is 31.6. The van der Waals surface area contributed by atoms with Crippen LogP contribution in [-0.2, 0) is 26.2 Å². The molecule has 1 saturated carbocycles. The van der Waals surface area contributed by atoms with E-state index < -0.39 is 28.1 Å². The van der Waals surface area contributed by atoms with Crippen molar-refractivity contribution >= 4 is 47.9 Å². The van der Waals surface area contributed by atoms with Gasteiger partial charge in [-0.25, -0.2) is 13.1 Å². The first-order valence-corrected chi connectivity index (χ1v) is 16.5. The lowest BCUT2D eigenvalue weighted by atomic mass is 9.97. The van der Waals surface area contributed by atoms with E-state index >= 15 is 0 Å². The zero-order valence-corrected chi connectivity index (χ0v) is 26.3. The number of unbranched alkanes of at least 4 members (excludes halogenated alkanes) is 1. The van der Waals surface area contributed by atoms with E-state index in [2.05, 4.69) is 48.7 Å². The number of allylic oxidation sites excluding steroid dienone is 2. The zero-order chi connectivity index (χ0) is 29.4. The van der Waals surface area contributed by atoms with Crippen LogP contribution in [0.25, 0.3) is 11.1 Å². The summed E-state index contributed by atoms with van der Waals surface area (Å²) in [6.45, 7) is 0.324. The van der Waals surface area contributed by atoms with E-state index in [9.17, 15) is 18.3 Å². The number of aliphatic carboxylic acids is 1. The predicted molar refractivity (Wildman–Crippen MR) is 166 cm³/mol. The Morgan fingerprint density at radius 2 is 1.68 bits per heavy atom. The van der Waals surface area contributed by atoms with Crippen LogP contribution in [0, 0.1) is 5.92 Å². The van der Waals surface area contributed by atoms with Crippen LogP contribution in [0.15, 0.2) is 98.8 Å². The molecule has 0 aliphatic heterocycles. The van der Waals surface area contributed by atoms with Gasteiger partial charge in [-0.15, -0.1) is 0 Å². The van der Waals surface area contributed by atoms with E-state index in [-0.39, 0.29) is 29.8 Å². The monoisotopic (exact) mass is 705 g/mol. The van der Waals surface area contributed by atoms with Gasteiger partial charge in [0.05, 0.1) is 29.8 Å². The van der Waals surface area contributed by atoms with E-state index in [1.54, 1.807) is 6.07 Å².